The van der Waals surface area contributed by atoms with Crippen LogP contribution in [0.3, 0.4) is 0 Å². The van der Waals surface area contributed by atoms with Gasteiger partial charge in [0.05, 0.1) is 17.2 Å². The molecule has 0 saturated heterocycles. The van der Waals surface area contributed by atoms with Crippen LogP contribution >= 0.6 is 0 Å². The van der Waals surface area contributed by atoms with Crippen LogP contribution in [0.25, 0.3) is 0 Å². The second kappa shape index (κ2) is 15.0. The highest BCUT2D eigenvalue weighted by Crippen LogP contribution is 2.27. The third-order valence-electron chi connectivity index (χ3n) is 7.93. The van der Waals surface area contributed by atoms with E-state index in [0.29, 0.717) is 24.5 Å². The van der Waals surface area contributed by atoms with Crippen molar-refractivity contribution in [2.75, 3.05) is 24.0 Å². The number of amides is 2. The van der Waals surface area contributed by atoms with E-state index in [-0.39, 0.29) is 23.4 Å². The van der Waals surface area contributed by atoms with E-state index in [2.05, 4.69) is 5.32 Å². The summed E-state index contributed by atoms with van der Waals surface area (Å²) < 4.78 is 34.7. The van der Waals surface area contributed by atoms with Crippen LogP contribution in [0, 0.1) is 6.92 Å². The highest BCUT2D eigenvalue weighted by molar-refractivity contribution is 7.92. The number of nitrogens with zero attached hydrogens (tertiary/aromatic N) is 2. The number of hydrogen-bond donors (Lipinski definition) is 1. The molecule has 1 N–H and O–H groups in total. The van der Waals surface area contributed by atoms with Gasteiger partial charge in [-0.2, -0.15) is 0 Å². The van der Waals surface area contributed by atoms with Crippen LogP contribution in [0.2, 0.25) is 0 Å². The molecule has 8 nitrogen and oxygen atoms in total. The van der Waals surface area contributed by atoms with Crippen molar-refractivity contribution in [3.05, 3.63) is 90.0 Å². The Morgan fingerprint density at radius 1 is 0.930 bits per heavy atom. The maximum atomic E-state index is 14.1. The molecule has 0 spiro atoms. The van der Waals surface area contributed by atoms with Crippen molar-refractivity contribution >= 4 is 27.5 Å². The van der Waals surface area contributed by atoms with Crippen LogP contribution in [0.4, 0.5) is 5.69 Å². The smallest absolute Gasteiger partial charge is 0.264 e. The highest BCUT2D eigenvalue weighted by atomic mass is 32.2. The van der Waals surface area contributed by atoms with E-state index < -0.39 is 28.5 Å². The Kier molecular flexibility index (Phi) is 11.2. The average molecular weight is 606 g/mol. The van der Waals surface area contributed by atoms with Crippen LogP contribution < -0.4 is 14.4 Å². The number of carbonyl (C=O) groups excluding carboxylic acids is 2. The second-order valence-corrected chi connectivity index (χ2v) is 13.0. The SMILES string of the molecule is CCOc1ccc(N(CC(=O)N(CCc2ccccc2)[C@H](C)C(=O)NC2CCCCC2)S(=O)(=O)c2ccc(C)cc2)cc1. The quantitative estimate of drug-likeness (QED) is 0.278. The summed E-state index contributed by atoms with van der Waals surface area (Å²) in [6.45, 7) is 5.76. The first-order valence-corrected chi connectivity index (χ1v) is 16.6. The number of rotatable bonds is 13. The van der Waals surface area contributed by atoms with E-state index in [1.807, 2.05) is 44.2 Å². The van der Waals surface area contributed by atoms with Crippen molar-refractivity contribution in [3.8, 4) is 5.75 Å². The molecule has 43 heavy (non-hydrogen) atoms. The van der Waals surface area contributed by atoms with Gasteiger partial charge in [-0.1, -0.05) is 67.3 Å². The minimum absolute atomic E-state index is 0.0821. The van der Waals surface area contributed by atoms with Crippen LogP contribution in [0.15, 0.2) is 83.8 Å². The van der Waals surface area contributed by atoms with Gasteiger partial charge < -0.3 is 15.0 Å². The summed E-state index contributed by atoms with van der Waals surface area (Å²) in [6, 6.07) is 22.3. The van der Waals surface area contributed by atoms with Crippen molar-refractivity contribution in [2.45, 2.75) is 76.3 Å². The third kappa shape index (κ3) is 8.60. The number of benzene rings is 3. The van der Waals surface area contributed by atoms with Gasteiger partial charge in [0.1, 0.15) is 18.3 Å². The number of sulfonamides is 1. The number of anilines is 1. The van der Waals surface area contributed by atoms with Gasteiger partial charge in [0, 0.05) is 12.6 Å². The Bertz CT molecular complexity index is 1440. The zero-order chi connectivity index (χ0) is 30.8. The molecule has 0 aliphatic heterocycles. The molecule has 3 aromatic carbocycles. The topological polar surface area (TPSA) is 96.0 Å². The molecule has 1 atom stereocenters. The summed E-state index contributed by atoms with van der Waals surface area (Å²) in [4.78, 5) is 29.1. The molecule has 2 amide bonds. The summed E-state index contributed by atoms with van der Waals surface area (Å²) in [5.74, 6) is -0.0723. The molecule has 0 aromatic heterocycles. The highest BCUT2D eigenvalue weighted by Gasteiger charge is 2.33. The number of hydrogen-bond acceptors (Lipinski definition) is 5. The lowest BCUT2D eigenvalue weighted by Gasteiger charge is -2.33. The lowest BCUT2D eigenvalue weighted by atomic mass is 9.95. The lowest BCUT2D eigenvalue weighted by Crippen LogP contribution is -2.53. The zero-order valence-electron chi connectivity index (χ0n) is 25.4. The molecular formula is C34H43N3O5S. The summed E-state index contributed by atoms with van der Waals surface area (Å²) in [5, 5.41) is 3.14. The molecule has 3 aromatic rings. The van der Waals surface area contributed by atoms with Crippen LogP contribution in [0.1, 0.15) is 57.1 Å². The molecule has 0 bridgehead atoms. The first-order valence-electron chi connectivity index (χ1n) is 15.1. The maximum absolute atomic E-state index is 14.1. The maximum Gasteiger partial charge on any atom is 0.264 e. The fourth-order valence-corrected chi connectivity index (χ4v) is 6.79. The second-order valence-electron chi connectivity index (χ2n) is 11.1. The standard InChI is InChI=1S/C34H43N3O5S/c1-4-42-31-19-17-30(18-20-31)37(43(40,41)32-21-15-26(2)16-22-32)25-33(38)36(24-23-28-11-7-5-8-12-28)27(3)34(39)35-29-13-9-6-10-14-29/h5,7-8,11-12,15-22,27,29H,4,6,9-10,13-14,23-25H2,1-3H3,(H,35,39)/t27-/m1/s1. The minimum atomic E-state index is -4.12. The Balaban J connectivity index is 1.64. The van der Waals surface area contributed by atoms with Crippen molar-refractivity contribution < 1.29 is 22.7 Å². The van der Waals surface area contributed by atoms with Gasteiger partial charge in [0.15, 0.2) is 0 Å². The van der Waals surface area contributed by atoms with Crippen LogP contribution in [-0.2, 0) is 26.0 Å². The molecule has 9 heteroatoms. The van der Waals surface area contributed by atoms with E-state index in [1.165, 1.54) is 11.3 Å². The summed E-state index contributed by atoms with van der Waals surface area (Å²) in [6.07, 6.45) is 5.70. The Hall–Kier alpha value is -3.85. The van der Waals surface area contributed by atoms with Gasteiger partial charge in [-0.15, -0.1) is 0 Å². The Morgan fingerprint density at radius 3 is 2.21 bits per heavy atom. The number of ether oxygens (including phenoxy) is 1. The van der Waals surface area contributed by atoms with E-state index in [1.54, 1.807) is 55.5 Å². The number of nitrogens with one attached hydrogen (secondary N) is 1. The van der Waals surface area contributed by atoms with Crippen LogP contribution in [0.5, 0.6) is 5.75 Å². The first-order chi connectivity index (χ1) is 20.7. The zero-order valence-corrected chi connectivity index (χ0v) is 26.2. The Morgan fingerprint density at radius 2 is 1.58 bits per heavy atom. The predicted molar refractivity (Wildman–Crippen MR) is 170 cm³/mol. The average Bonchev–Trinajstić information content (AvgIpc) is 3.01. The molecular weight excluding hydrogens is 562 g/mol. The summed E-state index contributed by atoms with van der Waals surface area (Å²) in [7, 11) is -4.12. The molecule has 4 rings (SSSR count). The summed E-state index contributed by atoms with van der Waals surface area (Å²) >= 11 is 0. The molecule has 1 aliphatic carbocycles. The van der Waals surface area contributed by atoms with E-state index in [0.717, 1.165) is 41.1 Å². The lowest BCUT2D eigenvalue weighted by molar-refractivity contribution is -0.139. The van der Waals surface area contributed by atoms with E-state index in [9.17, 15) is 18.0 Å². The van der Waals surface area contributed by atoms with Gasteiger partial charge in [0.2, 0.25) is 11.8 Å². The largest absolute Gasteiger partial charge is 0.494 e. The molecule has 1 aliphatic rings. The molecule has 230 valence electrons. The minimum Gasteiger partial charge on any atom is -0.494 e. The number of carbonyl (C=O) groups is 2. The predicted octanol–water partition coefficient (Wildman–Crippen LogP) is 5.50. The van der Waals surface area contributed by atoms with Crippen molar-refractivity contribution in [1.29, 1.82) is 0 Å². The van der Waals surface area contributed by atoms with Gasteiger partial charge in [-0.05, 0) is 82.0 Å². The van der Waals surface area contributed by atoms with Crippen molar-refractivity contribution in [2.24, 2.45) is 0 Å². The van der Waals surface area contributed by atoms with E-state index >= 15 is 0 Å². The fourth-order valence-electron chi connectivity index (χ4n) is 5.38. The van der Waals surface area contributed by atoms with Crippen molar-refractivity contribution in [3.63, 3.8) is 0 Å². The molecule has 0 unspecified atom stereocenters. The Labute approximate surface area is 256 Å². The monoisotopic (exact) mass is 605 g/mol. The third-order valence-corrected chi connectivity index (χ3v) is 9.71. The van der Waals surface area contributed by atoms with Gasteiger partial charge in [0.25, 0.3) is 10.0 Å². The van der Waals surface area contributed by atoms with Crippen molar-refractivity contribution in [1.82, 2.24) is 10.2 Å². The van der Waals surface area contributed by atoms with Gasteiger partial charge >= 0.3 is 0 Å². The molecule has 1 saturated carbocycles. The van der Waals surface area contributed by atoms with Crippen LogP contribution in [-0.4, -0.2) is 56.9 Å². The normalized spacial score (nSPS) is 14.5. The fraction of sp³-hybridized carbons (Fsp3) is 0.412. The van der Waals surface area contributed by atoms with Gasteiger partial charge in [-0.25, -0.2) is 8.42 Å². The summed E-state index contributed by atoms with van der Waals surface area (Å²) in [5.41, 5.74) is 2.28. The molecule has 0 heterocycles. The van der Waals surface area contributed by atoms with E-state index in [4.69, 9.17) is 4.74 Å². The molecule has 1 fully saturated rings. The molecule has 0 radical (unpaired) electrons. The van der Waals surface area contributed by atoms with Gasteiger partial charge in [-0.3, -0.25) is 13.9 Å². The first kappa shape index (κ1) is 32.1. The number of aryl methyl sites for hydroxylation is 1.